The van der Waals surface area contributed by atoms with Crippen molar-refractivity contribution in [3.8, 4) is 0 Å². The van der Waals surface area contributed by atoms with E-state index in [0.29, 0.717) is 30.6 Å². The van der Waals surface area contributed by atoms with Crippen molar-refractivity contribution in [3.05, 3.63) is 77.9 Å². The Morgan fingerprint density at radius 3 is 2.85 bits per heavy atom. The van der Waals surface area contributed by atoms with E-state index in [9.17, 15) is 4.79 Å². The van der Waals surface area contributed by atoms with Crippen LogP contribution in [0.5, 0.6) is 0 Å². The fraction of sp³-hybridized carbons (Fsp3) is 0.355. The number of fused-ring (bicyclic) bond motifs is 1. The molecule has 0 bridgehead atoms. The molecular formula is C31H34FN7O2. The lowest BCUT2D eigenvalue weighted by Crippen LogP contribution is -2.49. The first-order valence-corrected chi connectivity index (χ1v) is 14.2. The van der Waals surface area contributed by atoms with Crippen LogP contribution in [0.2, 0.25) is 0 Å². The molecule has 1 amide bonds. The largest absolute Gasteiger partial charge is 0.380 e. The second kappa shape index (κ2) is 12.2. The monoisotopic (exact) mass is 555 g/mol. The highest BCUT2D eigenvalue weighted by atomic mass is 19.1. The maximum atomic E-state index is 15.7. The van der Waals surface area contributed by atoms with Crippen LogP contribution < -0.4 is 20.4 Å². The molecule has 0 aliphatic carbocycles. The van der Waals surface area contributed by atoms with Crippen molar-refractivity contribution >= 4 is 40.0 Å². The van der Waals surface area contributed by atoms with E-state index in [1.165, 1.54) is 12.1 Å². The lowest BCUT2D eigenvalue weighted by atomic mass is 10.0. The van der Waals surface area contributed by atoms with Crippen molar-refractivity contribution in [2.24, 2.45) is 0 Å². The van der Waals surface area contributed by atoms with Crippen molar-refractivity contribution < 1.29 is 13.9 Å². The van der Waals surface area contributed by atoms with E-state index in [1.807, 2.05) is 37.3 Å². The van der Waals surface area contributed by atoms with Gasteiger partial charge in [0.25, 0.3) is 5.91 Å². The SMILES string of the molecule is Cc1cccc2ccnc(N(C(=O)c3ccc(Nc4nccc(N5CCCOCC5)n4)cc3F)[C@@H]3CCCNC3)c12. The van der Waals surface area contributed by atoms with Crippen LogP contribution in [0.3, 0.4) is 0 Å². The number of carbonyl (C=O) groups is 1. The first-order valence-electron chi connectivity index (χ1n) is 14.2. The number of nitrogens with one attached hydrogen (secondary N) is 2. The predicted molar refractivity (Wildman–Crippen MR) is 159 cm³/mol. The van der Waals surface area contributed by atoms with Gasteiger partial charge in [-0.1, -0.05) is 18.2 Å². The molecule has 4 heterocycles. The van der Waals surface area contributed by atoms with Crippen LogP contribution in [0.15, 0.2) is 60.9 Å². The molecule has 10 heteroatoms. The molecule has 2 fully saturated rings. The number of aromatic nitrogens is 3. The van der Waals surface area contributed by atoms with Gasteiger partial charge in [0, 0.05) is 49.7 Å². The molecule has 0 spiro atoms. The summed E-state index contributed by atoms with van der Waals surface area (Å²) in [6.07, 6.45) is 6.05. The summed E-state index contributed by atoms with van der Waals surface area (Å²) in [5.41, 5.74) is 1.47. The van der Waals surface area contributed by atoms with Crippen LogP contribution in [0.1, 0.15) is 35.2 Å². The zero-order chi connectivity index (χ0) is 28.2. The first-order chi connectivity index (χ1) is 20.1. The minimum absolute atomic E-state index is 0.00672. The number of rotatable bonds is 6. The average Bonchev–Trinajstić information content (AvgIpc) is 3.28. The van der Waals surface area contributed by atoms with Gasteiger partial charge in [-0.3, -0.25) is 9.69 Å². The Kier molecular flexibility index (Phi) is 8.02. The van der Waals surface area contributed by atoms with E-state index in [-0.39, 0.29) is 11.6 Å². The summed E-state index contributed by atoms with van der Waals surface area (Å²) in [7, 11) is 0. The van der Waals surface area contributed by atoms with Gasteiger partial charge in [-0.05, 0) is 74.0 Å². The number of pyridine rings is 1. The molecule has 2 aliphatic heterocycles. The number of hydrogen-bond acceptors (Lipinski definition) is 8. The molecule has 41 heavy (non-hydrogen) atoms. The van der Waals surface area contributed by atoms with Crippen molar-refractivity contribution in [2.75, 3.05) is 54.5 Å². The standard InChI is InChI=1S/C31H34FN7O2/c1-21-5-2-6-22-10-13-34-29(28(21)22)39(24-7-3-12-33-20-24)30(40)25-9-8-23(19-26(25)32)36-31-35-14-11-27(37-31)38-15-4-17-41-18-16-38/h2,5-6,8-11,13-14,19,24,33H,3-4,7,12,15-18,20H2,1H3,(H,35,36,37)/t24-/m1/s1. The summed E-state index contributed by atoms with van der Waals surface area (Å²) < 4.78 is 21.2. The Balaban J connectivity index is 1.29. The Hall–Kier alpha value is -4.15. The second-order valence-corrected chi connectivity index (χ2v) is 10.5. The molecule has 0 unspecified atom stereocenters. The summed E-state index contributed by atoms with van der Waals surface area (Å²) in [5, 5.41) is 8.38. The number of halogens is 1. The molecule has 0 saturated carbocycles. The zero-order valence-electron chi connectivity index (χ0n) is 23.1. The quantitative estimate of drug-likeness (QED) is 0.349. The molecule has 2 aromatic heterocycles. The molecule has 0 radical (unpaired) electrons. The van der Waals surface area contributed by atoms with E-state index >= 15 is 4.39 Å². The van der Waals surface area contributed by atoms with Crippen LogP contribution >= 0.6 is 0 Å². The van der Waals surface area contributed by atoms with Crippen LogP contribution in [0.25, 0.3) is 10.8 Å². The van der Waals surface area contributed by atoms with Gasteiger partial charge in [0.15, 0.2) is 0 Å². The number of amides is 1. The number of anilines is 4. The number of carbonyl (C=O) groups excluding carboxylic acids is 1. The summed E-state index contributed by atoms with van der Waals surface area (Å²) >= 11 is 0. The summed E-state index contributed by atoms with van der Waals surface area (Å²) in [4.78, 5) is 31.5. The van der Waals surface area contributed by atoms with Crippen molar-refractivity contribution in [1.82, 2.24) is 20.3 Å². The van der Waals surface area contributed by atoms with Gasteiger partial charge in [0.2, 0.25) is 5.95 Å². The normalized spacial score (nSPS) is 17.7. The fourth-order valence-corrected chi connectivity index (χ4v) is 5.64. The summed E-state index contributed by atoms with van der Waals surface area (Å²) in [5.74, 6) is 0.676. The molecule has 2 aromatic carbocycles. The molecular weight excluding hydrogens is 521 g/mol. The first kappa shape index (κ1) is 27.0. The lowest BCUT2D eigenvalue weighted by molar-refractivity contribution is 0.0968. The Bertz CT molecular complexity index is 1530. The van der Waals surface area contributed by atoms with Crippen molar-refractivity contribution in [3.63, 3.8) is 0 Å². The Morgan fingerprint density at radius 2 is 2.00 bits per heavy atom. The maximum Gasteiger partial charge on any atom is 0.262 e. The topological polar surface area (TPSA) is 95.5 Å². The smallest absolute Gasteiger partial charge is 0.262 e. The van der Waals surface area contributed by atoms with E-state index < -0.39 is 11.7 Å². The number of benzene rings is 2. The number of piperidine rings is 1. The predicted octanol–water partition coefficient (Wildman–Crippen LogP) is 4.84. The molecule has 2 aliphatic rings. The van der Waals surface area contributed by atoms with Gasteiger partial charge in [-0.15, -0.1) is 0 Å². The average molecular weight is 556 g/mol. The number of hydrogen-bond donors (Lipinski definition) is 2. The fourth-order valence-electron chi connectivity index (χ4n) is 5.64. The second-order valence-electron chi connectivity index (χ2n) is 10.5. The van der Waals surface area contributed by atoms with E-state index in [2.05, 4.69) is 30.5 Å². The number of aryl methyl sites for hydroxylation is 1. The highest BCUT2D eigenvalue weighted by molar-refractivity contribution is 6.11. The minimum Gasteiger partial charge on any atom is -0.380 e. The molecule has 4 aromatic rings. The van der Waals surface area contributed by atoms with Gasteiger partial charge >= 0.3 is 0 Å². The van der Waals surface area contributed by atoms with Gasteiger partial charge < -0.3 is 20.3 Å². The highest BCUT2D eigenvalue weighted by Gasteiger charge is 2.31. The minimum atomic E-state index is -0.619. The molecule has 2 saturated heterocycles. The van der Waals surface area contributed by atoms with Gasteiger partial charge in [-0.2, -0.15) is 4.98 Å². The Labute approximate surface area is 238 Å². The van der Waals surface area contributed by atoms with Crippen molar-refractivity contribution in [1.29, 1.82) is 0 Å². The van der Waals surface area contributed by atoms with Gasteiger partial charge in [-0.25, -0.2) is 14.4 Å². The highest BCUT2D eigenvalue weighted by Crippen LogP contribution is 2.32. The van der Waals surface area contributed by atoms with E-state index in [1.54, 1.807) is 23.4 Å². The Morgan fingerprint density at radius 1 is 1.10 bits per heavy atom. The van der Waals surface area contributed by atoms with Crippen LogP contribution in [-0.2, 0) is 4.74 Å². The summed E-state index contributed by atoms with van der Waals surface area (Å²) in [6.45, 7) is 6.50. The van der Waals surface area contributed by atoms with Gasteiger partial charge in [0.05, 0.1) is 18.2 Å². The zero-order valence-corrected chi connectivity index (χ0v) is 23.1. The third kappa shape index (κ3) is 5.84. The molecule has 2 N–H and O–H groups in total. The van der Waals surface area contributed by atoms with Crippen LogP contribution in [0, 0.1) is 12.7 Å². The van der Waals surface area contributed by atoms with Crippen molar-refractivity contribution in [2.45, 2.75) is 32.2 Å². The third-order valence-electron chi connectivity index (χ3n) is 7.71. The summed E-state index contributed by atoms with van der Waals surface area (Å²) in [6, 6.07) is 14.2. The van der Waals surface area contributed by atoms with E-state index in [4.69, 9.17) is 4.74 Å². The molecule has 1 atom stereocenters. The molecule has 6 rings (SSSR count). The lowest BCUT2D eigenvalue weighted by Gasteiger charge is -2.35. The van der Waals surface area contributed by atoms with Crippen LogP contribution in [0.4, 0.5) is 27.7 Å². The molecule has 212 valence electrons. The maximum absolute atomic E-state index is 15.7. The van der Waals surface area contributed by atoms with E-state index in [0.717, 1.165) is 67.7 Å². The van der Waals surface area contributed by atoms with Gasteiger partial charge in [0.1, 0.15) is 17.5 Å². The third-order valence-corrected chi connectivity index (χ3v) is 7.71. The number of ether oxygens (including phenoxy) is 1. The molecule has 9 nitrogen and oxygen atoms in total. The number of nitrogens with zero attached hydrogens (tertiary/aromatic N) is 5. The van der Waals surface area contributed by atoms with Crippen LogP contribution in [-0.4, -0.2) is 66.3 Å².